The van der Waals surface area contributed by atoms with E-state index in [1.807, 2.05) is 6.92 Å². The number of benzene rings is 1. The van der Waals surface area contributed by atoms with Gasteiger partial charge in [-0.3, -0.25) is 4.79 Å². The summed E-state index contributed by atoms with van der Waals surface area (Å²) in [5.41, 5.74) is 7.40. The number of hydrogen-bond donors (Lipinski definition) is 2. The van der Waals surface area contributed by atoms with Gasteiger partial charge in [0.1, 0.15) is 4.88 Å². The van der Waals surface area contributed by atoms with E-state index in [-0.39, 0.29) is 17.2 Å². The van der Waals surface area contributed by atoms with Crippen molar-refractivity contribution in [3.8, 4) is 0 Å². The molecule has 0 aliphatic carbocycles. The summed E-state index contributed by atoms with van der Waals surface area (Å²) in [7, 11) is 1.57. The average molecular weight is 325 g/mol. The lowest BCUT2D eigenvalue weighted by atomic mass is 10.1. The average Bonchev–Trinajstić information content (AvgIpc) is 2.77. The summed E-state index contributed by atoms with van der Waals surface area (Å²) >= 11 is 7.36. The fraction of sp³-hybridized carbons (Fsp3) is 0.143. The Kier molecular flexibility index (Phi) is 4.20. The Morgan fingerprint density at radius 3 is 2.52 bits per heavy atom. The largest absolute Gasteiger partial charge is 0.478 e. The fourth-order valence-electron chi connectivity index (χ4n) is 1.83. The number of carboxylic acids is 1. The van der Waals surface area contributed by atoms with Gasteiger partial charge in [-0.05, 0) is 36.1 Å². The van der Waals surface area contributed by atoms with Gasteiger partial charge in [0.15, 0.2) is 0 Å². The smallest absolute Gasteiger partial charge is 0.335 e. The molecule has 0 saturated heterocycles. The zero-order valence-electron chi connectivity index (χ0n) is 11.4. The summed E-state index contributed by atoms with van der Waals surface area (Å²) in [6.07, 6.45) is 0. The van der Waals surface area contributed by atoms with Crippen LogP contribution < -0.4 is 10.6 Å². The number of anilines is 2. The number of aromatic carboxylic acids is 1. The Morgan fingerprint density at radius 2 is 2.05 bits per heavy atom. The maximum absolute atomic E-state index is 12.4. The molecule has 0 spiro atoms. The Labute approximate surface area is 130 Å². The predicted molar refractivity (Wildman–Crippen MR) is 84.6 cm³/mol. The van der Waals surface area contributed by atoms with Gasteiger partial charge in [0.2, 0.25) is 0 Å². The molecule has 110 valence electrons. The second-order valence-electron chi connectivity index (χ2n) is 4.50. The summed E-state index contributed by atoms with van der Waals surface area (Å²) in [5.74, 6) is -1.35. The number of halogens is 1. The minimum atomic E-state index is -1.07. The van der Waals surface area contributed by atoms with E-state index in [0.717, 1.165) is 5.56 Å². The van der Waals surface area contributed by atoms with E-state index < -0.39 is 5.97 Å². The number of thiophene rings is 1. The van der Waals surface area contributed by atoms with Crippen LogP contribution in [0.15, 0.2) is 23.6 Å². The molecule has 0 atom stereocenters. The molecule has 0 bridgehead atoms. The Hall–Kier alpha value is -2.05. The SMILES string of the molecule is Cc1csc(C(=O)N(C)c2ccc(C(=O)O)cc2N)c1Cl. The molecule has 0 aliphatic rings. The highest BCUT2D eigenvalue weighted by Gasteiger charge is 2.21. The van der Waals surface area contributed by atoms with Crippen molar-refractivity contribution in [3.63, 3.8) is 0 Å². The van der Waals surface area contributed by atoms with Crippen LogP contribution in [0.1, 0.15) is 25.6 Å². The van der Waals surface area contributed by atoms with E-state index >= 15 is 0 Å². The molecule has 2 aromatic rings. The molecule has 3 N–H and O–H groups in total. The molecular weight excluding hydrogens is 312 g/mol. The topological polar surface area (TPSA) is 83.6 Å². The monoisotopic (exact) mass is 324 g/mol. The van der Waals surface area contributed by atoms with Crippen molar-refractivity contribution in [2.24, 2.45) is 0 Å². The number of carbonyl (C=O) groups is 2. The number of carbonyl (C=O) groups excluding carboxylic acids is 1. The van der Waals surface area contributed by atoms with Crippen molar-refractivity contribution in [2.75, 3.05) is 17.7 Å². The van der Waals surface area contributed by atoms with Crippen molar-refractivity contribution in [2.45, 2.75) is 6.92 Å². The van der Waals surface area contributed by atoms with Crippen molar-refractivity contribution < 1.29 is 14.7 Å². The normalized spacial score (nSPS) is 10.4. The maximum atomic E-state index is 12.4. The Morgan fingerprint density at radius 1 is 1.38 bits per heavy atom. The van der Waals surface area contributed by atoms with E-state index in [1.54, 1.807) is 12.4 Å². The van der Waals surface area contributed by atoms with Gasteiger partial charge in [0.05, 0.1) is 22.0 Å². The van der Waals surface area contributed by atoms with Gasteiger partial charge < -0.3 is 15.7 Å². The van der Waals surface area contributed by atoms with Gasteiger partial charge >= 0.3 is 5.97 Å². The molecule has 21 heavy (non-hydrogen) atoms. The standard InChI is InChI=1S/C14H13ClN2O3S/c1-7-6-21-12(11(7)15)13(18)17(2)10-4-3-8(14(19)20)5-9(10)16/h3-6H,16H2,1-2H3,(H,19,20). The molecule has 1 amide bonds. The highest BCUT2D eigenvalue weighted by Crippen LogP contribution is 2.31. The highest BCUT2D eigenvalue weighted by molar-refractivity contribution is 7.13. The number of aryl methyl sites for hydroxylation is 1. The maximum Gasteiger partial charge on any atom is 0.335 e. The zero-order valence-corrected chi connectivity index (χ0v) is 13.0. The molecular formula is C14H13ClN2O3S. The third-order valence-corrected chi connectivity index (χ3v) is 4.72. The van der Waals surface area contributed by atoms with Gasteiger partial charge in [-0.2, -0.15) is 0 Å². The Bertz CT molecular complexity index is 727. The molecule has 0 aliphatic heterocycles. The molecule has 1 heterocycles. The van der Waals surface area contributed by atoms with Gasteiger partial charge in [-0.1, -0.05) is 11.6 Å². The van der Waals surface area contributed by atoms with Crippen molar-refractivity contribution in [3.05, 3.63) is 44.6 Å². The number of nitrogens with two attached hydrogens (primary N) is 1. The third kappa shape index (κ3) is 2.86. The lowest BCUT2D eigenvalue weighted by molar-refractivity contribution is 0.0697. The first-order valence-corrected chi connectivity index (χ1v) is 7.23. The van der Waals surface area contributed by atoms with E-state index in [9.17, 15) is 9.59 Å². The van der Waals surface area contributed by atoms with Crippen LogP contribution in [0.3, 0.4) is 0 Å². The van der Waals surface area contributed by atoms with Crippen LogP contribution in [-0.4, -0.2) is 24.0 Å². The summed E-state index contributed by atoms with van der Waals surface area (Å²) < 4.78 is 0. The minimum absolute atomic E-state index is 0.0714. The number of nitrogens with zero attached hydrogens (tertiary/aromatic N) is 1. The van der Waals surface area contributed by atoms with Gasteiger partial charge in [0.25, 0.3) is 5.91 Å². The number of nitrogen functional groups attached to an aromatic ring is 1. The summed E-state index contributed by atoms with van der Waals surface area (Å²) in [4.78, 5) is 25.1. The molecule has 0 unspecified atom stereocenters. The lowest BCUT2D eigenvalue weighted by Crippen LogP contribution is -2.26. The van der Waals surface area contributed by atoms with Crippen LogP contribution in [0.2, 0.25) is 5.02 Å². The third-order valence-electron chi connectivity index (χ3n) is 3.03. The summed E-state index contributed by atoms with van der Waals surface area (Å²) in [5, 5.41) is 11.1. The molecule has 0 radical (unpaired) electrons. The van der Waals surface area contributed by atoms with Crippen molar-refractivity contribution in [1.82, 2.24) is 0 Å². The van der Waals surface area contributed by atoms with Crippen LogP contribution >= 0.6 is 22.9 Å². The zero-order chi connectivity index (χ0) is 15.7. The van der Waals surface area contributed by atoms with Crippen molar-refractivity contribution >= 4 is 46.2 Å². The second-order valence-corrected chi connectivity index (χ2v) is 5.76. The van der Waals surface area contributed by atoms with Crippen LogP contribution in [0.5, 0.6) is 0 Å². The highest BCUT2D eigenvalue weighted by atomic mass is 35.5. The van der Waals surface area contributed by atoms with E-state index in [4.69, 9.17) is 22.4 Å². The number of amides is 1. The quantitative estimate of drug-likeness (QED) is 0.849. The number of hydrogen-bond acceptors (Lipinski definition) is 4. The van der Waals surface area contributed by atoms with Gasteiger partial charge in [0, 0.05) is 7.05 Å². The summed E-state index contributed by atoms with van der Waals surface area (Å²) in [6, 6.07) is 4.23. The van der Waals surface area contributed by atoms with Crippen LogP contribution in [0.4, 0.5) is 11.4 Å². The van der Waals surface area contributed by atoms with Crippen LogP contribution in [0, 0.1) is 6.92 Å². The lowest BCUT2D eigenvalue weighted by Gasteiger charge is -2.19. The van der Waals surface area contributed by atoms with E-state index in [2.05, 4.69) is 0 Å². The van der Waals surface area contributed by atoms with Crippen molar-refractivity contribution in [1.29, 1.82) is 0 Å². The van der Waals surface area contributed by atoms with Gasteiger partial charge in [-0.25, -0.2) is 4.79 Å². The first kappa shape index (κ1) is 15.3. The molecule has 7 heteroatoms. The molecule has 5 nitrogen and oxygen atoms in total. The number of carboxylic acid groups (broad SMARTS) is 1. The first-order valence-electron chi connectivity index (χ1n) is 5.97. The molecule has 1 aromatic heterocycles. The molecule has 2 rings (SSSR count). The molecule has 0 fully saturated rings. The molecule has 0 saturated carbocycles. The minimum Gasteiger partial charge on any atom is -0.478 e. The van der Waals surface area contributed by atoms with Crippen LogP contribution in [0.25, 0.3) is 0 Å². The Balaban J connectivity index is 2.36. The summed E-state index contributed by atoms with van der Waals surface area (Å²) in [6.45, 7) is 1.83. The molecule has 1 aromatic carbocycles. The fourth-order valence-corrected chi connectivity index (χ4v) is 3.08. The van der Waals surface area contributed by atoms with Gasteiger partial charge in [-0.15, -0.1) is 11.3 Å². The first-order chi connectivity index (χ1) is 9.82. The number of rotatable bonds is 3. The van der Waals surface area contributed by atoms with E-state index in [1.165, 1.54) is 34.4 Å². The second kappa shape index (κ2) is 5.75. The van der Waals surface area contributed by atoms with Crippen LogP contribution in [-0.2, 0) is 0 Å². The van der Waals surface area contributed by atoms with E-state index in [0.29, 0.717) is 15.6 Å². The predicted octanol–water partition coefficient (Wildman–Crippen LogP) is 3.27.